The maximum absolute atomic E-state index is 13.3. The van der Waals surface area contributed by atoms with Crippen LogP contribution < -0.4 is 10.1 Å². The van der Waals surface area contributed by atoms with E-state index in [9.17, 15) is 4.39 Å². The van der Waals surface area contributed by atoms with Crippen molar-refractivity contribution in [2.45, 2.75) is 25.4 Å². The molecule has 1 saturated heterocycles. The van der Waals surface area contributed by atoms with Crippen LogP contribution >= 0.6 is 0 Å². The molecule has 0 saturated carbocycles. The van der Waals surface area contributed by atoms with Crippen molar-refractivity contribution in [3.63, 3.8) is 0 Å². The van der Waals surface area contributed by atoms with E-state index in [1.807, 2.05) is 7.05 Å². The fourth-order valence-corrected chi connectivity index (χ4v) is 2.66. The number of likely N-dealkylation sites (N-methyl/N-ethyl adjacent to an activating group) is 1. The van der Waals surface area contributed by atoms with Crippen LogP contribution in [0.5, 0.6) is 5.75 Å². The number of rotatable bonds is 5. The zero-order chi connectivity index (χ0) is 13.0. The minimum Gasteiger partial charge on any atom is -0.496 e. The second kappa shape index (κ2) is 6.16. The van der Waals surface area contributed by atoms with E-state index in [1.165, 1.54) is 18.9 Å². The average Bonchev–Trinajstić information content (AvgIpc) is 2.78. The summed E-state index contributed by atoms with van der Waals surface area (Å²) >= 11 is 0. The highest BCUT2D eigenvalue weighted by atomic mass is 19.1. The number of hydrogen-bond acceptors (Lipinski definition) is 3. The molecule has 1 aromatic carbocycles. The Labute approximate surface area is 108 Å². The summed E-state index contributed by atoms with van der Waals surface area (Å²) in [6, 6.07) is 5.27. The molecule has 0 radical (unpaired) electrons. The van der Waals surface area contributed by atoms with Gasteiger partial charge in [-0.15, -0.1) is 0 Å². The van der Waals surface area contributed by atoms with Crippen molar-refractivity contribution in [3.05, 3.63) is 29.6 Å². The van der Waals surface area contributed by atoms with Crippen molar-refractivity contribution >= 4 is 0 Å². The SMILES string of the molecule is CNCC1CCCN1Cc1cc(F)ccc1OC. The molecule has 1 unspecified atom stereocenters. The van der Waals surface area contributed by atoms with Crippen LogP contribution in [0.15, 0.2) is 18.2 Å². The molecule has 4 heteroatoms. The summed E-state index contributed by atoms with van der Waals surface area (Å²) in [5.41, 5.74) is 0.931. The van der Waals surface area contributed by atoms with Crippen molar-refractivity contribution in [3.8, 4) is 5.75 Å². The molecule has 1 heterocycles. The van der Waals surface area contributed by atoms with E-state index >= 15 is 0 Å². The van der Waals surface area contributed by atoms with Gasteiger partial charge in [-0.1, -0.05) is 0 Å². The molecule has 0 bridgehead atoms. The third-order valence-electron chi connectivity index (χ3n) is 3.55. The summed E-state index contributed by atoms with van der Waals surface area (Å²) in [7, 11) is 3.60. The first-order valence-corrected chi connectivity index (χ1v) is 6.45. The molecule has 0 amide bonds. The summed E-state index contributed by atoms with van der Waals surface area (Å²) < 4.78 is 18.6. The van der Waals surface area contributed by atoms with Crippen LogP contribution in [-0.2, 0) is 6.54 Å². The van der Waals surface area contributed by atoms with Gasteiger partial charge in [0.25, 0.3) is 0 Å². The van der Waals surface area contributed by atoms with E-state index in [4.69, 9.17) is 4.74 Å². The first kappa shape index (κ1) is 13.3. The van der Waals surface area contributed by atoms with Gasteiger partial charge in [0.1, 0.15) is 11.6 Å². The van der Waals surface area contributed by atoms with Crippen LogP contribution in [0.4, 0.5) is 4.39 Å². The van der Waals surface area contributed by atoms with Crippen molar-refractivity contribution < 1.29 is 9.13 Å². The molecule has 1 aliphatic heterocycles. The van der Waals surface area contributed by atoms with E-state index in [1.54, 1.807) is 19.2 Å². The lowest BCUT2D eigenvalue weighted by molar-refractivity contribution is 0.238. The Balaban J connectivity index is 2.10. The second-order valence-electron chi connectivity index (χ2n) is 4.78. The van der Waals surface area contributed by atoms with Crippen LogP contribution in [0.3, 0.4) is 0 Å². The highest BCUT2D eigenvalue weighted by Gasteiger charge is 2.24. The van der Waals surface area contributed by atoms with Gasteiger partial charge in [-0.05, 0) is 44.6 Å². The molecule has 100 valence electrons. The number of halogens is 1. The van der Waals surface area contributed by atoms with Gasteiger partial charge in [-0.2, -0.15) is 0 Å². The highest BCUT2D eigenvalue weighted by molar-refractivity contribution is 5.34. The number of ether oxygens (including phenoxy) is 1. The first-order chi connectivity index (χ1) is 8.74. The van der Waals surface area contributed by atoms with Crippen LogP contribution in [0.2, 0.25) is 0 Å². The smallest absolute Gasteiger partial charge is 0.123 e. The maximum atomic E-state index is 13.3. The number of hydrogen-bond donors (Lipinski definition) is 1. The van der Waals surface area contributed by atoms with E-state index < -0.39 is 0 Å². The minimum atomic E-state index is -0.199. The third-order valence-corrected chi connectivity index (χ3v) is 3.55. The summed E-state index contributed by atoms with van der Waals surface area (Å²) in [6.45, 7) is 2.82. The van der Waals surface area contributed by atoms with Gasteiger partial charge in [-0.25, -0.2) is 4.39 Å². The summed E-state index contributed by atoms with van der Waals surface area (Å²) in [4.78, 5) is 2.40. The van der Waals surface area contributed by atoms with E-state index in [-0.39, 0.29) is 5.82 Å². The third kappa shape index (κ3) is 3.00. The molecular formula is C14H21FN2O. The van der Waals surface area contributed by atoms with Crippen molar-refractivity contribution in [2.24, 2.45) is 0 Å². The number of benzene rings is 1. The fourth-order valence-electron chi connectivity index (χ4n) is 2.66. The van der Waals surface area contributed by atoms with Gasteiger partial charge in [0, 0.05) is 24.7 Å². The number of nitrogens with one attached hydrogen (secondary N) is 1. The van der Waals surface area contributed by atoms with Gasteiger partial charge < -0.3 is 10.1 Å². The zero-order valence-corrected chi connectivity index (χ0v) is 11.1. The van der Waals surface area contributed by atoms with Crippen molar-refractivity contribution in [2.75, 3.05) is 27.2 Å². The van der Waals surface area contributed by atoms with Gasteiger partial charge in [-0.3, -0.25) is 4.90 Å². The number of methoxy groups -OCH3 is 1. The summed E-state index contributed by atoms with van der Waals surface area (Å²) in [5.74, 6) is 0.571. The van der Waals surface area contributed by atoms with Crippen LogP contribution in [0.25, 0.3) is 0 Å². The van der Waals surface area contributed by atoms with Gasteiger partial charge in [0.2, 0.25) is 0 Å². The zero-order valence-electron chi connectivity index (χ0n) is 11.1. The molecule has 1 atom stereocenters. The molecular weight excluding hydrogens is 231 g/mol. The summed E-state index contributed by atoms with van der Waals surface area (Å²) in [5, 5.41) is 3.22. The largest absolute Gasteiger partial charge is 0.496 e. The monoisotopic (exact) mass is 252 g/mol. The lowest BCUT2D eigenvalue weighted by atomic mass is 10.1. The van der Waals surface area contributed by atoms with Gasteiger partial charge in [0.15, 0.2) is 0 Å². The molecule has 3 nitrogen and oxygen atoms in total. The van der Waals surface area contributed by atoms with Crippen molar-refractivity contribution in [1.82, 2.24) is 10.2 Å². The lowest BCUT2D eigenvalue weighted by Gasteiger charge is -2.25. The lowest BCUT2D eigenvalue weighted by Crippen LogP contribution is -2.36. The van der Waals surface area contributed by atoms with Crippen molar-refractivity contribution in [1.29, 1.82) is 0 Å². The van der Waals surface area contributed by atoms with E-state index in [2.05, 4.69) is 10.2 Å². The summed E-state index contributed by atoms with van der Waals surface area (Å²) in [6.07, 6.45) is 2.42. The predicted octanol–water partition coefficient (Wildman–Crippen LogP) is 2.02. The Kier molecular flexibility index (Phi) is 4.55. The Morgan fingerprint density at radius 1 is 1.50 bits per heavy atom. The Bertz CT molecular complexity index is 397. The predicted molar refractivity (Wildman–Crippen MR) is 70.3 cm³/mol. The van der Waals surface area contributed by atoms with E-state index in [0.29, 0.717) is 6.04 Å². The molecule has 0 aliphatic carbocycles. The van der Waals surface area contributed by atoms with Crippen LogP contribution in [-0.4, -0.2) is 38.2 Å². The normalized spacial score (nSPS) is 20.3. The standard InChI is InChI=1S/C14H21FN2O/c1-16-9-13-4-3-7-17(13)10-11-8-12(15)5-6-14(11)18-2/h5-6,8,13,16H,3-4,7,9-10H2,1-2H3. The number of likely N-dealkylation sites (tertiary alicyclic amines) is 1. The topological polar surface area (TPSA) is 24.5 Å². The van der Waals surface area contributed by atoms with E-state index in [0.717, 1.165) is 30.9 Å². The molecule has 1 fully saturated rings. The molecule has 1 N–H and O–H groups in total. The van der Waals surface area contributed by atoms with Gasteiger partial charge in [0.05, 0.1) is 7.11 Å². The Morgan fingerprint density at radius 2 is 2.33 bits per heavy atom. The minimum absolute atomic E-state index is 0.199. The second-order valence-corrected chi connectivity index (χ2v) is 4.78. The maximum Gasteiger partial charge on any atom is 0.123 e. The van der Waals surface area contributed by atoms with Crippen LogP contribution in [0, 0.1) is 5.82 Å². The highest BCUT2D eigenvalue weighted by Crippen LogP contribution is 2.25. The molecule has 18 heavy (non-hydrogen) atoms. The Hall–Kier alpha value is -1.13. The Morgan fingerprint density at radius 3 is 3.06 bits per heavy atom. The molecule has 0 spiro atoms. The molecule has 0 aromatic heterocycles. The average molecular weight is 252 g/mol. The first-order valence-electron chi connectivity index (χ1n) is 6.45. The number of nitrogens with zero attached hydrogens (tertiary/aromatic N) is 1. The molecule has 1 aromatic rings. The quantitative estimate of drug-likeness (QED) is 0.867. The molecule has 1 aliphatic rings. The molecule has 2 rings (SSSR count). The van der Waals surface area contributed by atoms with Crippen LogP contribution in [0.1, 0.15) is 18.4 Å². The van der Waals surface area contributed by atoms with Gasteiger partial charge >= 0.3 is 0 Å². The fraction of sp³-hybridized carbons (Fsp3) is 0.571.